The summed E-state index contributed by atoms with van der Waals surface area (Å²) in [6.07, 6.45) is 1.02. The van der Waals surface area contributed by atoms with Crippen molar-refractivity contribution in [3.05, 3.63) is 24.3 Å². The molecule has 6 heteroatoms. The van der Waals surface area contributed by atoms with Crippen molar-refractivity contribution in [1.29, 1.82) is 0 Å². The molecule has 0 amide bonds. The highest BCUT2D eigenvalue weighted by Gasteiger charge is 2.04. The van der Waals surface area contributed by atoms with Crippen LogP contribution in [0.25, 0.3) is 0 Å². The Morgan fingerprint density at radius 1 is 0.864 bits per heavy atom. The van der Waals surface area contributed by atoms with Crippen LogP contribution in [0.1, 0.15) is 26.7 Å². The van der Waals surface area contributed by atoms with Gasteiger partial charge in [-0.25, -0.2) is 4.79 Å². The first-order valence-electron chi connectivity index (χ1n) is 7.27. The number of carbonyl (C=O) groups excluding carboxylic acids is 2. The average Bonchev–Trinajstić information content (AvgIpc) is 2.48. The van der Waals surface area contributed by atoms with Crippen molar-refractivity contribution in [1.82, 2.24) is 0 Å². The van der Waals surface area contributed by atoms with Crippen LogP contribution in [0.2, 0.25) is 0 Å². The lowest BCUT2D eigenvalue weighted by molar-refractivity contribution is -0.145. The third-order valence-corrected chi connectivity index (χ3v) is 2.57. The molecule has 0 N–H and O–H groups in total. The lowest BCUT2D eigenvalue weighted by atomic mass is 10.2. The van der Waals surface area contributed by atoms with E-state index in [2.05, 4.69) is 13.2 Å². The van der Waals surface area contributed by atoms with Gasteiger partial charge in [0, 0.05) is 5.57 Å². The topological polar surface area (TPSA) is 71.1 Å². The van der Waals surface area contributed by atoms with E-state index in [-0.39, 0.29) is 25.6 Å². The Hall–Kier alpha value is -1.66. The Morgan fingerprint density at radius 2 is 1.36 bits per heavy atom. The minimum Gasteiger partial charge on any atom is -0.463 e. The molecule has 0 heterocycles. The van der Waals surface area contributed by atoms with Crippen molar-refractivity contribution < 1.29 is 28.5 Å². The van der Waals surface area contributed by atoms with Crippen LogP contribution in [-0.4, -0.2) is 51.6 Å². The second kappa shape index (κ2) is 13.0. The minimum atomic E-state index is -0.424. The van der Waals surface area contributed by atoms with Gasteiger partial charge in [-0.05, 0) is 13.3 Å². The highest BCUT2D eigenvalue weighted by Crippen LogP contribution is 2.03. The third-order valence-electron chi connectivity index (χ3n) is 2.57. The van der Waals surface area contributed by atoms with E-state index in [9.17, 15) is 9.59 Å². The molecule has 22 heavy (non-hydrogen) atoms. The van der Waals surface area contributed by atoms with Crippen molar-refractivity contribution >= 4 is 11.9 Å². The molecule has 0 aromatic heterocycles. The Kier molecular flexibility index (Phi) is 12.1. The van der Waals surface area contributed by atoms with Gasteiger partial charge in [-0.1, -0.05) is 25.7 Å². The maximum absolute atomic E-state index is 11.3. The van der Waals surface area contributed by atoms with Gasteiger partial charge in [0.05, 0.1) is 32.8 Å². The van der Waals surface area contributed by atoms with Crippen LogP contribution in [0, 0.1) is 0 Å². The quantitative estimate of drug-likeness (QED) is 0.224. The van der Waals surface area contributed by atoms with Crippen LogP contribution in [0.3, 0.4) is 0 Å². The molecule has 0 aliphatic rings. The van der Waals surface area contributed by atoms with Crippen LogP contribution in [-0.2, 0) is 28.5 Å². The highest BCUT2D eigenvalue weighted by atomic mass is 16.6. The molecule has 0 fully saturated rings. The van der Waals surface area contributed by atoms with E-state index in [0.29, 0.717) is 32.0 Å². The first-order valence-corrected chi connectivity index (χ1v) is 7.27. The Bertz CT molecular complexity index is 375. The second-order valence-electron chi connectivity index (χ2n) is 4.64. The van der Waals surface area contributed by atoms with E-state index in [1.807, 2.05) is 6.92 Å². The number of ether oxygens (including phenoxy) is 4. The van der Waals surface area contributed by atoms with Crippen molar-refractivity contribution in [2.75, 3.05) is 39.6 Å². The highest BCUT2D eigenvalue weighted by molar-refractivity contribution is 5.86. The molecule has 0 saturated carbocycles. The average molecular weight is 314 g/mol. The van der Waals surface area contributed by atoms with E-state index >= 15 is 0 Å². The third kappa shape index (κ3) is 12.1. The normalized spacial score (nSPS) is 10.1. The molecular formula is C16H26O6. The van der Waals surface area contributed by atoms with Gasteiger partial charge in [-0.2, -0.15) is 0 Å². The molecule has 0 radical (unpaired) electrons. The predicted octanol–water partition coefficient (Wildman–Crippen LogP) is 2.04. The number of rotatable bonds is 13. The predicted molar refractivity (Wildman–Crippen MR) is 82.4 cm³/mol. The Labute approximate surface area is 132 Å². The molecule has 0 aromatic rings. The molecule has 0 aliphatic carbocycles. The maximum atomic E-state index is 11.3. The van der Waals surface area contributed by atoms with Crippen LogP contribution < -0.4 is 0 Å². The summed E-state index contributed by atoms with van der Waals surface area (Å²) >= 11 is 0. The maximum Gasteiger partial charge on any atom is 0.333 e. The first kappa shape index (κ1) is 20.3. The van der Waals surface area contributed by atoms with Gasteiger partial charge >= 0.3 is 11.9 Å². The van der Waals surface area contributed by atoms with E-state index in [4.69, 9.17) is 18.9 Å². The molecule has 0 aliphatic heterocycles. The molecule has 0 saturated heterocycles. The minimum absolute atomic E-state index is 0.185. The van der Waals surface area contributed by atoms with Crippen LogP contribution in [0.4, 0.5) is 0 Å². The number of hydrogen-bond donors (Lipinski definition) is 0. The van der Waals surface area contributed by atoms with Crippen molar-refractivity contribution in [2.45, 2.75) is 26.7 Å². The smallest absolute Gasteiger partial charge is 0.333 e. The van der Waals surface area contributed by atoms with Crippen molar-refractivity contribution in [3.63, 3.8) is 0 Å². The molecule has 0 bridgehead atoms. The second-order valence-corrected chi connectivity index (χ2v) is 4.64. The van der Waals surface area contributed by atoms with Gasteiger partial charge in [-0.15, -0.1) is 0 Å². The van der Waals surface area contributed by atoms with Gasteiger partial charge < -0.3 is 18.9 Å². The first-order chi connectivity index (χ1) is 10.5. The zero-order chi connectivity index (χ0) is 16.8. The van der Waals surface area contributed by atoms with E-state index in [1.165, 1.54) is 0 Å². The van der Waals surface area contributed by atoms with Gasteiger partial charge in [0.25, 0.3) is 0 Å². The molecule has 6 nitrogen and oxygen atoms in total. The summed E-state index contributed by atoms with van der Waals surface area (Å²) in [5.74, 6) is -0.710. The summed E-state index contributed by atoms with van der Waals surface area (Å²) < 4.78 is 20.3. The summed E-state index contributed by atoms with van der Waals surface area (Å²) in [7, 11) is 0. The molecule has 0 spiro atoms. The lowest BCUT2D eigenvalue weighted by Crippen LogP contribution is -2.15. The molecule has 0 unspecified atom stereocenters. The number of hydrogen-bond acceptors (Lipinski definition) is 6. The summed E-state index contributed by atoms with van der Waals surface area (Å²) in [5.41, 5.74) is 1.21. The lowest BCUT2D eigenvalue weighted by Gasteiger charge is -2.08. The monoisotopic (exact) mass is 314 g/mol. The van der Waals surface area contributed by atoms with Gasteiger partial charge in [0.1, 0.15) is 13.2 Å². The van der Waals surface area contributed by atoms with E-state index in [0.717, 1.165) is 12.0 Å². The standard InChI is InChI=1S/C16H26O6/c1-5-14(4)12-15(17)21-10-8-19-6-7-20-9-11-22-16(18)13(2)3/h2,4-12H2,1,3H3. The molecule has 0 aromatic carbocycles. The fourth-order valence-electron chi connectivity index (χ4n) is 1.23. The van der Waals surface area contributed by atoms with Crippen molar-refractivity contribution in [2.24, 2.45) is 0 Å². The molecule has 0 atom stereocenters. The molecule has 126 valence electrons. The number of esters is 2. The van der Waals surface area contributed by atoms with Crippen LogP contribution >= 0.6 is 0 Å². The van der Waals surface area contributed by atoms with E-state index < -0.39 is 5.97 Å². The summed E-state index contributed by atoms with van der Waals surface area (Å²) in [4.78, 5) is 22.4. The molecule has 0 rings (SSSR count). The summed E-state index contributed by atoms with van der Waals surface area (Å²) in [5, 5.41) is 0. The van der Waals surface area contributed by atoms with Crippen LogP contribution in [0.15, 0.2) is 24.3 Å². The largest absolute Gasteiger partial charge is 0.463 e. The fraction of sp³-hybridized carbons (Fsp3) is 0.625. The Morgan fingerprint density at radius 3 is 1.86 bits per heavy atom. The van der Waals surface area contributed by atoms with Crippen molar-refractivity contribution in [3.8, 4) is 0 Å². The van der Waals surface area contributed by atoms with Gasteiger partial charge in [0.2, 0.25) is 0 Å². The zero-order valence-corrected chi connectivity index (χ0v) is 13.5. The van der Waals surface area contributed by atoms with Gasteiger partial charge in [-0.3, -0.25) is 4.79 Å². The van der Waals surface area contributed by atoms with Gasteiger partial charge in [0.15, 0.2) is 0 Å². The fourth-order valence-corrected chi connectivity index (χ4v) is 1.23. The number of carbonyl (C=O) groups is 2. The molecular weight excluding hydrogens is 288 g/mol. The summed E-state index contributed by atoms with van der Waals surface area (Å²) in [6.45, 7) is 12.5. The zero-order valence-electron chi connectivity index (χ0n) is 13.5. The summed E-state index contributed by atoms with van der Waals surface area (Å²) in [6, 6.07) is 0. The van der Waals surface area contributed by atoms with E-state index in [1.54, 1.807) is 6.92 Å². The van der Waals surface area contributed by atoms with Crippen LogP contribution in [0.5, 0.6) is 0 Å². The Balaban J connectivity index is 3.30. The SMILES string of the molecule is C=C(CC)CC(=O)OCCOCCOCCOC(=O)C(=C)C.